The van der Waals surface area contributed by atoms with Gasteiger partial charge in [-0.15, -0.1) is 0 Å². The maximum absolute atomic E-state index is 5.23. The highest BCUT2D eigenvalue weighted by Crippen LogP contribution is 2.20. The first-order valence-electron chi connectivity index (χ1n) is 7.70. The molecule has 0 saturated carbocycles. The van der Waals surface area contributed by atoms with E-state index in [1.54, 1.807) is 7.11 Å². The molecule has 1 aliphatic heterocycles. The molecule has 1 aromatic rings. The van der Waals surface area contributed by atoms with Crippen molar-refractivity contribution in [3.05, 3.63) is 29.8 Å². The fourth-order valence-corrected chi connectivity index (χ4v) is 3.06. The molecular weight excluding hydrogens is 234 g/mol. The summed E-state index contributed by atoms with van der Waals surface area (Å²) in [6.07, 6.45) is 7.94. The smallest absolute Gasteiger partial charge is 0.118 e. The molecule has 1 atom stereocenters. The predicted octanol–water partition coefficient (Wildman–Crippen LogP) is 3.89. The number of ether oxygens (including phenoxy) is 1. The Morgan fingerprint density at radius 1 is 1.11 bits per heavy atom. The quantitative estimate of drug-likeness (QED) is 0.770. The van der Waals surface area contributed by atoms with Crippen molar-refractivity contribution in [1.29, 1.82) is 0 Å². The minimum Gasteiger partial charge on any atom is -0.497 e. The molecule has 1 fully saturated rings. The number of methoxy groups -OCH3 is 1. The Morgan fingerprint density at radius 2 is 1.79 bits per heavy atom. The second-order valence-electron chi connectivity index (χ2n) is 5.59. The zero-order chi connectivity index (χ0) is 13.5. The average molecular weight is 261 g/mol. The van der Waals surface area contributed by atoms with Gasteiger partial charge in [0.15, 0.2) is 0 Å². The predicted molar refractivity (Wildman–Crippen MR) is 80.8 cm³/mol. The molecule has 0 amide bonds. The summed E-state index contributed by atoms with van der Waals surface area (Å²) < 4.78 is 5.23. The Labute approximate surface area is 117 Å². The van der Waals surface area contributed by atoms with Crippen molar-refractivity contribution in [2.45, 2.75) is 51.5 Å². The third-order valence-electron chi connectivity index (χ3n) is 4.16. The van der Waals surface area contributed by atoms with E-state index in [0.717, 1.165) is 11.8 Å². The molecule has 0 aromatic heterocycles. The van der Waals surface area contributed by atoms with Gasteiger partial charge < -0.3 is 9.64 Å². The molecule has 0 bridgehead atoms. The molecule has 0 N–H and O–H groups in total. The number of rotatable bonds is 6. The van der Waals surface area contributed by atoms with Crippen LogP contribution in [0.5, 0.6) is 5.75 Å². The van der Waals surface area contributed by atoms with Crippen molar-refractivity contribution in [2.75, 3.05) is 20.2 Å². The Kier molecular flexibility index (Phi) is 5.71. The van der Waals surface area contributed by atoms with Crippen LogP contribution in [0, 0.1) is 0 Å². The number of likely N-dealkylation sites (tertiary alicyclic amines) is 1. The lowest BCUT2D eigenvalue weighted by molar-refractivity contribution is 0.153. The SMILES string of the molecule is CCCC(Cc1ccc(OC)cc1)N1CCCCC1. The highest BCUT2D eigenvalue weighted by molar-refractivity contribution is 5.27. The first-order valence-corrected chi connectivity index (χ1v) is 7.70. The zero-order valence-corrected chi connectivity index (χ0v) is 12.4. The second kappa shape index (κ2) is 7.54. The van der Waals surface area contributed by atoms with Crippen LogP contribution < -0.4 is 4.74 Å². The lowest BCUT2D eigenvalue weighted by Crippen LogP contribution is -2.40. The van der Waals surface area contributed by atoms with Crippen LogP contribution in [0.1, 0.15) is 44.6 Å². The van der Waals surface area contributed by atoms with Crippen molar-refractivity contribution < 1.29 is 4.74 Å². The molecule has 0 spiro atoms. The fraction of sp³-hybridized carbons (Fsp3) is 0.647. The zero-order valence-electron chi connectivity index (χ0n) is 12.4. The lowest BCUT2D eigenvalue weighted by Gasteiger charge is -2.34. The van der Waals surface area contributed by atoms with Gasteiger partial charge in [-0.1, -0.05) is 31.9 Å². The van der Waals surface area contributed by atoms with Crippen molar-refractivity contribution in [2.24, 2.45) is 0 Å². The van der Waals surface area contributed by atoms with Crippen LogP contribution >= 0.6 is 0 Å². The molecule has 2 rings (SSSR count). The molecule has 1 aliphatic rings. The third kappa shape index (κ3) is 4.24. The number of piperidine rings is 1. The standard InChI is InChI=1S/C17H27NO/c1-3-7-16(18-12-5-4-6-13-18)14-15-8-10-17(19-2)11-9-15/h8-11,16H,3-7,12-14H2,1-2H3. The van der Waals surface area contributed by atoms with Gasteiger partial charge in [0.05, 0.1) is 7.11 Å². The summed E-state index contributed by atoms with van der Waals surface area (Å²) in [6, 6.07) is 9.30. The van der Waals surface area contributed by atoms with E-state index in [2.05, 4.69) is 36.1 Å². The maximum Gasteiger partial charge on any atom is 0.118 e. The van der Waals surface area contributed by atoms with Crippen molar-refractivity contribution >= 4 is 0 Å². The van der Waals surface area contributed by atoms with Crippen LogP contribution in [0.25, 0.3) is 0 Å². The normalized spacial score (nSPS) is 18.2. The van der Waals surface area contributed by atoms with E-state index in [9.17, 15) is 0 Å². The minimum atomic E-state index is 0.721. The van der Waals surface area contributed by atoms with Crippen LogP contribution in [-0.2, 0) is 6.42 Å². The molecule has 1 unspecified atom stereocenters. The number of benzene rings is 1. The minimum absolute atomic E-state index is 0.721. The van der Waals surface area contributed by atoms with E-state index in [0.29, 0.717) is 0 Å². The molecule has 2 nitrogen and oxygen atoms in total. The summed E-state index contributed by atoms with van der Waals surface area (Å²) in [7, 11) is 1.72. The average Bonchev–Trinajstić information content (AvgIpc) is 2.48. The molecule has 2 heteroatoms. The lowest BCUT2D eigenvalue weighted by atomic mass is 9.98. The van der Waals surface area contributed by atoms with Gasteiger partial charge in [-0.25, -0.2) is 0 Å². The van der Waals surface area contributed by atoms with E-state index >= 15 is 0 Å². The topological polar surface area (TPSA) is 12.5 Å². The highest BCUT2D eigenvalue weighted by atomic mass is 16.5. The van der Waals surface area contributed by atoms with Gasteiger partial charge in [-0.2, -0.15) is 0 Å². The summed E-state index contributed by atoms with van der Waals surface area (Å²) >= 11 is 0. The molecule has 19 heavy (non-hydrogen) atoms. The van der Waals surface area contributed by atoms with Crippen LogP contribution in [0.4, 0.5) is 0 Å². The Balaban J connectivity index is 1.97. The Bertz CT molecular complexity index is 354. The van der Waals surface area contributed by atoms with Gasteiger partial charge in [0.2, 0.25) is 0 Å². The first kappa shape index (κ1) is 14.4. The molecule has 1 heterocycles. The van der Waals surface area contributed by atoms with E-state index in [1.165, 1.54) is 57.2 Å². The van der Waals surface area contributed by atoms with Gasteiger partial charge in [0.1, 0.15) is 5.75 Å². The third-order valence-corrected chi connectivity index (χ3v) is 4.16. The Morgan fingerprint density at radius 3 is 2.37 bits per heavy atom. The summed E-state index contributed by atoms with van der Waals surface area (Å²) in [5.41, 5.74) is 1.44. The van der Waals surface area contributed by atoms with Crippen molar-refractivity contribution in [3.8, 4) is 5.75 Å². The molecule has 0 radical (unpaired) electrons. The monoisotopic (exact) mass is 261 g/mol. The van der Waals surface area contributed by atoms with E-state index < -0.39 is 0 Å². The molecule has 0 aliphatic carbocycles. The van der Waals surface area contributed by atoms with Crippen LogP contribution in [0.3, 0.4) is 0 Å². The number of hydrogen-bond acceptors (Lipinski definition) is 2. The van der Waals surface area contributed by atoms with E-state index in [4.69, 9.17) is 4.74 Å². The first-order chi connectivity index (χ1) is 9.33. The van der Waals surface area contributed by atoms with Gasteiger partial charge in [-0.05, 0) is 56.5 Å². The van der Waals surface area contributed by atoms with Gasteiger partial charge in [0.25, 0.3) is 0 Å². The summed E-state index contributed by atoms with van der Waals surface area (Å²) in [4.78, 5) is 2.71. The van der Waals surface area contributed by atoms with E-state index in [-0.39, 0.29) is 0 Å². The van der Waals surface area contributed by atoms with Gasteiger partial charge in [-0.3, -0.25) is 0 Å². The van der Waals surface area contributed by atoms with E-state index in [1.807, 2.05) is 0 Å². The molecule has 1 saturated heterocycles. The van der Waals surface area contributed by atoms with Gasteiger partial charge in [0, 0.05) is 6.04 Å². The maximum atomic E-state index is 5.23. The molecular formula is C17H27NO. The van der Waals surface area contributed by atoms with Crippen LogP contribution in [0.2, 0.25) is 0 Å². The molecule has 1 aromatic carbocycles. The highest BCUT2D eigenvalue weighted by Gasteiger charge is 2.20. The summed E-state index contributed by atoms with van der Waals surface area (Å²) in [5.74, 6) is 0.953. The Hall–Kier alpha value is -1.02. The molecule has 106 valence electrons. The van der Waals surface area contributed by atoms with Crippen LogP contribution in [-0.4, -0.2) is 31.1 Å². The van der Waals surface area contributed by atoms with Crippen molar-refractivity contribution in [3.63, 3.8) is 0 Å². The van der Waals surface area contributed by atoms with Crippen LogP contribution in [0.15, 0.2) is 24.3 Å². The van der Waals surface area contributed by atoms with Gasteiger partial charge >= 0.3 is 0 Å². The fourth-order valence-electron chi connectivity index (χ4n) is 3.06. The summed E-state index contributed by atoms with van der Waals surface area (Å²) in [6.45, 7) is 4.88. The van der Waals surface area contributed by atoms with Crippen molar-refractivity contribution in [1.82, 2.24) is 4.90 Å². The second-order valence-corrected chi connectivity index (χ2v) is 5.59. The largest absolute Gasteiger partial charge is 0.497 e. The number of hydrogen-bond donors (Lipinski definition) is 0. The number of nitrogens with zero attached hydrogens (tertiary/aromatic N) is 1. The summed E-state index contributed by atoms with van der Waals surface area (Å²) in [5, 5.41) is 0.